The summed E-state index contributed by atoms with van der Waals surface area (Å²) >= 11 is 0. The topological polar surface area (TPSA) is 38.3 Å². The van der Waals surface area contributed by atoms with E-state index in [9.17, 15) is 4.79 Å². The highest BCUT2D eigenvalue weighted by molar-refractivity contribution is 5.82. The van der Waals surface area contributed by atoms with Crippen LogP contribution in [0.25, 0.3) is 5.57 Å². The van der Waals surface area contributed by atoms with Crippen molar-refractivity contribution in [3.05, 3.63) is 60.7 Å². The van der Waals surface area contributed by atoms with E-state index in [0.29, 0.717) is 11.3 Å². The van der Waals surface area contributed by atoms with E-state index >= 15 is 0 Å². The fourth-order valence-electron chi connectivity index (χ4n) is 1.87. The van der Waals surface area contributed by atoms with E-state index < -0.39 is 0 Å². The molecule has 1 aliphatic rings. The molecule has 1 aromatic rings. The van der Waals surface area contributed by atoms with Crippen LogP contribution in [0.1, 0.15) is 15.9 Å². The van der Waals surface area contributed by atoms with E-state index in [1.54, 1.807) is 24.3 Å². The van der Waals surface area contributed by atoms with Crippen LogP contribution in [0.4, 0.5) is 0 Å². The lowest BCUT2D eigenvalue weighted by Crippen LogP contribution is -2.50. The van der Waals surface area contributed by atoms with Crippen LogP contribution in [0, 0.1) is 0 Å². The normalized spacial score (nSPS) is 15.5. The van der Waals surface area contributed by atoms with Gasteiger partial charge in [0.1, 0.15) is 18.1 Å². The predicted molar refractivity (Wildman–Crippen MR) is 77.5 cm³/mol. The minimum Gasteiger partial charge on any atom is -0.487 e. The predicted octanol–water partition coefficient (Wildman–Crippen LogP) is 2.61. The highest BCUT2D eigenvalue weighted by Gasteiger charge is 2.20. The first-order chi connectivity index (χ1) is 9.28. The first-order valence-electron chi connectivity index (χ1n) is 6.20. The molecule has 0 atom stereocenters. The first-order valence-corrected chi connectivity index (χ1v) is 6.20. The van der Waals surface area contributed by atoms with Crippen LogP contribution in [-0.2, 0) is 0 Å². The zero-order valence-corrected chi connectivity index (χ0v) is 10.8. The SMILES string of the molecule is C=C/C=C(\C=C)c1ccc(C=O)cc1OC1CNC1. The van der Waals surface area contributed by atoms with E-state index in [1.165, 1.54) is 0 Å². The van der Waals surface area contributed by atoms with Crippen LogP contribution in [0.15, 0.2) is 49.6 Å². The lowest BCUT2D eigenvalue weighted by molar-refractivity contribution is 0.112. The second kappa shape index (κ2) is 6.16. The van der Waals surface area contributed by atoms with Gasteiger partial charge in [0.2, 0.25) is 0 Å². The summed E-state index contributed by atoms with van der Waals surface area (Å²) < 4.78 is 5.91. The Hall–Kier alpha value is -2.13. The van der Waals surface area contributed by atoms with Crippen molar-refractivity contribution < 1.29 is 9.53 Å². The number of benzene rings is 1. The van der Waals surface area contributed by atoms with Crippen molar-refractivity contribution in [1.29, 1.82) is 0 Å². The number of carbonyl (C=O) groups excluding carboxylic acids is 1. The van der Waals surface area contributed by atoms with Crippen molar-refractivity contribution in [2.45, 2.75) is 6.10 Å². The van der Waals surface area contributed by atoms with Crippen LogP contribution in [-0.4, -0.2) is 25.5 Å². The lowest BCUT2D eigenvalue weighted by atomic mass is 10.0. The molecule has 98 valence electrons. The zero-order chi connectivity index (χ0) is 13.7. The lowest BCUT2D eigenvalue weighted by Gasteiger charge is -2.29. The number of hydrogen-bond acceptors (Lipinski definition) is 3. The minimum absolute atomic E-state index is 0.162. The van der Waals surface area contributed by atoms with Crippen molar-refractivity contribution in [2.75, 3.05) is 13.1 Å². The molecule has 0 unspecified atom stereocenters. The number of nitrogens with one attached hydrogen (secondary N) is 1. The van der Waals surface area contributed by atoms with Gasteiger partial charge in [0.05, 0.1) is 0 Å². The van der Waals surface area contributed by atoms with Gasteiger partial charge in [-0.1, -0.05) is 37.5 Å². The molecule has 1 aromatic carbocycles. The second-order valence-electron chi connectivity index (χ2n) is 4.33. The minimum atomic E-state index is 0.162. The van der Waals surface area contributed by atoms with E-state index in [1.807, 2.05) is 12.1 Å². The van der Waals surface area contributed by atoms with Crippen LogP contribution >= 0.6 is 0 Å². The second-order valence-corrected chi connectivity index (χ2v) is 4.33. The van der Waals surface area contributed by atoms with Gasteiger partial charge in [-0.3, -0.25) is 4.79 Å². The third kappa shape index (κ3) is 3.01. The van der Waals surface area contributed by atoms with Crippen LogP contribution in [0.5, 0.6) is 5.75 Å². The van der Waals surface area contributed by atoms with Gasteiger partial charge in [-0.2, -0.15) is 0 Å². The third-order valence-corrected chi connectivity index (χ3v) is 3.01. The Kier molecular flexibility index (Phi) is 4.31. The summed E-state index contributed by atoms with van der Waals surface area (Å²) in [7, 11) is 0. The van der Waals surface area contributed by atoms with E-state index in [-0.39, 0.29) is 6.10 Å². The number of ether oxygens (including phenoxy) is 1. The van der Waals surface area contributed by atoms with E-state index in [4.69, 9.17) is 4.74 Å². The van der Waals surface area contributed by atoms with Gasteiger partial charge < -0.3 is 10.1 Å². The molecule has 0 bridgehead atoms. The van der Waals surface area contributed by atoms with Gasteiger partial charge in [-0.15, -0.1) is 0 Å². The highest BCUT2D eigenvalue weighted by Crippen LogP contribution is 2.29. The molecule has 1 fully saturated rings. The van der Waals surface area contributed by atoms with E-state index in [0.717, 1.165) is 30.5 Å². The van der Waals surface area contributed by atoms with Gasteiger partial charge in [-0.25, -0.2) is 0 Å². The molecule has 1 aliphatic heterocycles. The van der Waals surface area contributed by atoms with Crippen molar-refractivity contribution in [3.8, 4) is 5.75 Å². The smallest absolute Gasteiger partial charge is 0.150 e. The third-order valence-electron chi connectivity index (χ3n) is 3.01. The molecular formula is C16H17NO2. The maximum atomic E-state index is 10.9. The van der Waals surface area contributed by atoms with Crippen LogP contribution < -0.4 is 10.1 Å². The Morgan fingerprint density at radius 3 is 2.68 bits per heavy atom. The molecule has 1 N–H and O–H groups in total. The number of hydrogen-bond donors (Lipinski definition) is 1. The maximum absolute atomic E-state index is 10.9. The fraction of sp³-hybridized carbons (Fsp3) is 0.188. The molecule has 2 rings (SSSR count). The number of carbonyl (C=O) groups is 1. The van der Waals surface area contributed by atoms with Gasteiger partial charge in [-0.05, 0) is 17.7 Å². The Morgan fingerprint density at radius 1 is 1.37 bits per heavy atom. The number of aldehydes is 1. The average Bonchev–Trinajstić information content (AvgIpc) is 2.40. The summed E-state index contributed by atoms with van der Waals surface area (Å²) in [6, 6.07) is 5.41. The number of allylic oxidation sites excluding steroid dienone is 4. The van der Waals surface area contributed by atoms with Crippen molar-refractivity contribution in [1.82, 2.24) is 5.32 Å². The van der Waals surface area contributed by atoms with Crippen molar-refractivity contribution in [3.63, 3.8) is 0 Å². The molecule has 0 spiro atoms. The molecule has 0 amide bonds. The summed E-state index contributed by atoms with van der Waals surface area (Å²) in [6.45, 7) is 9.16. The molecule has 1 saturated heterocycles. The van der Waals surface area contributed by atoms with E-state index in [2.05, 4.69) is 18.5 Å². The molecule has 0 radical (unpaired) electrons. The highest BCUT2D eigenvalue weighted by atomic mass is 16.5. The van der Waals surface area contributed by atoms with Gasteiger partial charge >= 0.3 is 0 Å². The Balaban J connectivity index is 2.39. The number of rotatable bonds is 6. The average molecular weight is 255 g/mol. The zero-order valence-electron chi connectivity index (χ0n) is 10.8. The molecule has 0 aliphatic carbocycles. The maximum Gasteiger partial charge on any atom is 0.150 e. The first kappa shape index (κ1) is 13.3. The molecule has 0 saturated carbocycles. The quantitative estimate of drug-likeness (QED) is 0.627. The Morgan fingerprint density at radius 2 is 2.16 bits per heavy atom. The van der Waals surface area contributed by atoms with Gasteiger partial charge in [0.15, 0.2) is 0 Å². The molecule has 3 nitrogen and oxygen atoms in total. The standard InChI is InChI=1S/C16H17NO2/c1-3-5-13(4-2)15-7-6-12(11-18)8-16(15)19-14-9-17-10-14/h3-8,11,14,17H,1-2,9-10H2/b13-5+. The summed E-state index contributed by atoms with van der Waals surface area (Å²) in [5.41, 5.74) is 2.45. The Bertz CT molecular complexity index is 528. The molecular weight excluding hydrogens is 238 g/mol. The van der Waals surface area contributed by atoms with Crippen molar-refractivity contribution in [2.24, 2.45) is 0 Å². The largest absolute Gasteiger partial charge is 0.487 e. The fourth-order valence-corrected chi connectivity index (χ4v) is 1.87. The monoisotopic (exact) mass is 255 g/mol. The summed E-state index contributed by atoms with van der Waals surface area (Å²) in [5.74, 6) is 0.712. The molecule has 0 aromatic heterocycles. The van der Waals surface area contributed by atoms with Crippen LogP contribution in [0.2, 0.25) is 0 Å². The van der Waals surface area contributed by atoms with Crippen LogP contribution in [0.3, 0.4) is 0 Å². The Labute approximate surface area is 113 Å². The van der Waals surface area contributed by atoms with Gasteiger partial charge in [0.25, 0.3) is 0 Å². The molecule has 19 heavy (non-hydrogen) atoms. The molecule has 3 heteroatoms. The summed E-state index contributed by atoms with van der Waals surface area (Å²) in [5, 5.41) is 3.15. The summed E-state index contributed by atoms with van der Waals surface area (Å²) in [4.78, 5) is 10.9. The van der Waals surface area contributed by atoms with Crippen molar-refractivity contribution >= 4 is 11.9 Å². The summed E-state index contributed by atoms with van der Waals surface area (Å²) in [6.07, 6.45) is 6.31. The molecule has 1 heterocycles. The van der Waals surface area contributed by atoms with Gasteiger partial charge in [0, 0.05) is 24.2 Å².